The SMILES string of the molecule is Cc1cccc(=O)n1CCC(N)=S. The normalized spacial score (nSPS) is 9.92. The van der Waals surface area contributed by atoms with Crippen molar-refractivity contribution < 1.29 is 0 Å². The summed E-state index contributed by atoms with van der Waals surface area (Å²) >= 11 is 4.74. The molecule has 0 aromatic carbocycles. The van der Waals surface area contributed by atoms with Gasteiger partial charge in [-0.15, -0.1) is 0 Å². The monoisotopic (exact) mass is 196 g/mol. The molecular weight excluding hydrogens is 184 g/mol. The second-order valence-corrected chi connectivity index (χ2v) is 3.40. The van der Waals surface area contributed by atoms with Gasteiger partial charge in [-0.25, -0.2) is 0 Å². The molecule has 3 nitrogen and oxygen atoms in total. The third-order valence-electron chi connectivity index (χ3n) is 1.85. The maximum Gasteiger partial charge on any atom is 0.250 e. The van der Waals surface area contributed by atoms with E-state index in [1.54, 1.807) is 10.6 Å². The van der Waals surface area contributed by atoms with Gasteiger partial charge in [-0.1, -0.05) is 18.3 Å². The maximum absolute atomic E-state index is 11.3. The second-order valence-electron chi connectivity index (χ2n) is 2.87. The Morgan fingerprint density at radius 1 is 1.62 bits per heavy atom. The van der Waals surface area contributed by atoms with Crippen LogP contribution in [0.4, 0.5) is 0 Å². The highest BCUT2D eigenvalue weighted by Crippen LogP contribution is 1.95. The zero-order valence-electron chi connectivity index (χ0n) is 7.49. The van der Waals surface area contributed by atoms with Crippen molar-refractivity contribution in [2.45, 2.75) is 19.9 Å². The second kappa shape index (κ2) is 4.18. The summed E-state index contributed by atoms with van der Waals surface area (Å²) in [5.41, 5.74) is 6.29. The first-order chi connectivity index (χ1) is 6.11. The minimum atomic E-state index is -0.00347. The van der Waals surface area contributed by atoms with E-state index < -0.39 is 0 Å². The highest BCUT2D eigenvalue weighted by molar-refractivity contribution is 7.80. The average molecular weight is 196 g/mol. The Balaban J connectivity index is 2.87. The van der Waals surface area contributed by atoms with Crippen molar-refractivity contribution in [1.29, 1.82) is 0 Å². The standard InChI is InChI=1S/C9H12N2OS/c1-7-3-2-4-9(12)11(7)6-5-8(10)13/h2-4H,5-6H2,1H3,(H2,10,13). The number of hydrogen-bond donors (Lipinski definition) is 1. The van der Waals surface area contributed by atoms with Crippen LogP contribution in [-0.4, -0.2) is 9.56 Å². The van der Waals surface area contributed by atoms with Crippen molar-refractivity contribution >= 4 is 17.2 Å². The van der Waals surface area contributed by atoms with E-state index in [1.807, 2.05) is 13.0 Å². The number of hydrogen-bond acceptors (Lipinski definition) is 2. The first-order valence-corrected chi connectivity index (χ1v) is 4.47. The van der Waals surface area contributed by atoms with Gasteiger partial charge in [-0.3, -0.25) is 4.79 Å². The van der Waals surface area contributed by atoms with Gasteiger partial charge in [-0.2, -0.15) is 0 Å². The number of thiocarbonyl (C=S) groups is 1. The molecule has 1 rings (SSSR count). The molecule has 1 aromatic rings. The van der Waals surface area contributed by atoms with Crippen LogP contribution in [0.15, 0.2) is 23.0 Å². The Labute approximate surface area is 82.2 Å². The highest BCUT2D eigenvalue weighted by atomic mass is 32.1. The Bertz CT molecular complexity index is 370. The third kappa shape index (κ3) is 2.66. The van der Waals surface area contributed by atoms with Crippen LogP contribution >= 0.6 is 12.2 Å². The van der Waals surface area contributed by atoms with Crippen molar-refractivity contribution in [3.05, 3.63) is 34.2 Å². The quantitative estimate of drug-likeness (QED) is 0.728. The van der Waals surface area contributed by atoms with Gasteiger partial charge in [0.25, 0.3) is 5.56 Å². The van der Waals surface area contributed by atoms with Gasteiger partial charge in [0.2, 0.25) is 0 Å². The molecule has 0 bridgehead atoms. The highest BCUT2D eigenvalue weighted by Gasteiger charge is 1.98. The summed E-state index contributed by atoms with van der Waals surface area (Å²) in [4.78, 5) is 11.8. The summed E-state index contributed by atoms with van der Waals surface area (Å²) in [6.45, 7) is 2.46. The van der Waals surface area contributed by atoms with E-state index in [4.69, 9.17) is 18.0 Å². The lowest BCUT2D eigenvalue weighted by Gasteiger charge is -2.07. The molecule has 0 aliphatic rings. The van der Waals surface area contributed by atoms with Crippen LogP contribution in [-0.2, 0) is 6.54 Å². The molecule has 13 heavy (non-hydrogen) atoms. The van der Waals surface area contributed by atoms with E-state index in [2.05, 4.69) is 0 Å². The van der Waals surface area contributed by atoms with Gasteiger partial charge in [0.05, 0.1) is 4.99 Å². The van der Waals surface area contributed by atoms with E-state index in [1.165, 1.54) is 6.07 Å². The Kier molecular flexibility index (Phi) is 3.19. The van der Waals surface area contributed by atoms with Gasteiger partial charge in [-0.05, 0) is 13.0 Å². The smallest absolute Gasteiger partial charge is 0.250 e. The van der Waals surface area contributed by atoms with Gasteiger partial charge < -0.3 is 10.3 Å². The predicted molar refractivity (Wildman–Crippen MR) is 56.8 cm³/mol. The van der Waals surface area contributed by atoms with Crippen molar-refractivity contribution in [2.75, 3.05) is 0 Å². The molecule has 0 saturated heterocycles. The maximum atomic E-state index is 11.3. The van der Waals surface area contributed by atoms with Crippen LogP contribution in [0.25, 0.3) is 0 Å². The van der Waals surface area contributed by atoms with Crippen molar-refractivity contribution in [3.8, 4) is 0 Å². The summed E-state index contributed by atoms with van der Waals surface area (Å²) in [5, 5.41) is 0. The molecule has 0 radical (unpaired) electrons. The van der Waals surface area contributed by atoms with Gasteiger partial charge in [0, 0.05) is 24.7 Å². The van der Waals surface area contributed by atoms with Crippen molar-refractivity contribution in [1.82, 2.24) is 4.57 Å². The molecule has 0 saturated carbocycles. The van der Waals surface area contributed by atoms with Crippen molar-refractivity contribution in [2.24, 2.45) is 5.73 Å². The van der Waals surface area contributed by atoms with Crippen LogP contribution in [0.1, 0.15) is 12.1 Å². The number of aryl methyl sites for hydroxylation is 1. The molecule has 0 aliphatic carbocycles. The molecule has 2 N–H and O–H groups in total. The van der Waals surface area contributed by atoms with Crippen LogP contribution < -0.4 is 11.3 Å². The molecule has 1 heterocycles. The molecule has 0 atom stereocenters. The third-order valence-corrected chi connectivity index (χ3v) is 2.05. The predicted octanol–water partition coefficient (Wildman–Crippen LogP) is 0.833. The summed E-state index contributed by atoms with van der Waals surface area (Å²) in [5.74, 6) is 0. The lowest BCUT2D eigenvalue weighted by Crippen LogP contribution is -2.23. The summed E-state index contributed by atoms with van der Waals surface area (Å²) in [6, 6.07) is 5.17. The van der Waals surface area contributed by atoms with E-state index >= 15 is 0 Å². The molecule has 0 amide bonds. The Hall–Kier alpha value is -1.16. The van der Waals surface area contributed by atoms with Crippen LogP contribution in [0.5, 0.6) is 0 Å². The minimum Gasteiger partial charge on any atom is -0.393 e. The zero-order chi connectivity index (χ0) is 9.84. The van der Waals surface area contributed by atoms with Gasteiger partial charge in [0.15, 0.2) is 0 Å². The zero-order valence-corrected chi connectivity index (χ0v) is 8.30. The summed E-state index contributed by atoms with van der Waals surface area (Å²) in [7, 11) is 0. The Morgan fingerprint density at radius 3 is 2.85 bits per heavy atom. The van der Waals surface area contributed by atoms with Gasteiger partial charge >= 0.3 is 0 Å². The van der Waals surface area contributed by atoms with Crippen LogP contribution in [0, 0.1) is 6.92 Å². The molecule has 0 spiro atoms. The topological polar surface area (TPSA) is 48.0 Å². The Morgan fingerprint density at radius 2 is 2.31 bits per heavy atom. The molecule has 70 valence electrons. The molecule has 0 fully saturated rings. The van der Waals surface area contributed by atoms with Crippen molar-refractivity contribution in [3.63, 3.8) is 0 Å². The molecule has 1 aromatic heterocycles. The minimum absolute atomic E-state index is 0.00347. The number of nitrogens with two attached hydrogens (primary N) is 1. The lowest BCUT2D eigenvalue weighted by molar-refractivity contribution is 0.673. The first kappa shape index (κ1) is 9.92. The fraction of sp³-hybridized carbons (Fsp3) is 0.333. The number of pyridine rings is 1. The molecule has 4 heteroatoms. The van der Waals surface area contributed by atoms with Gasteiger partial charge in [0.1, 0.15) is 0 Å². The average Bonchev–Trinajstić information content (AvgIpc) is 2.03. The summed E-state index contributed by atoms with van der Waals surface area (Å²) in [6.07, 6.45) is 0.570. The van der Waals surface area contributed by atoms with Crippen LogP contribution in [0.2, 0.25) is 0 Å². The number of aromatic nitrogens is 1. The van der Waals surface area contributed by atoms with E-state index in [0.717, 1.165) is 5.69 Å². The number of rotatable bonds is 3. The van der Waals surface area contributed by atoms with E-state index in [0.29, 0.717) is 18.0 Å². The first-order valence-electron chi connectivity index (χ1n) is 4.06. The number of nitrogens with zero attached hydrogens (tertiary/aromatic N) is 1. The molecular formula is C9H12N2OS. The largest absolute Gasteiger partial charge is 0.393 e. The molecule has 0 unspecified atom stereocenters. The fourth-order valence-corrected chi connectivity index (χ4v) is 1.22. The summed E-state index contributed by atoms with van der Waals surface area (Å²) < 4.78 is 1.67. The lowest BCUT2D eigenvalue weighted by atomic mass is 10.3. The van der Waals surface area contributed by atoms with E-state index in [9.17, 15) is 4.79 Å². The van der Waals surface area contributed by atoms with Crippen LogP contribution in [0.3, 0.4) is 0 Å². The fourth-order valence-electron chi connectivity index (χ4n) is 1.13. The molecule has 0 aliphatic heterocycles. The van der Waals surface area contributed by atoms with E-state index in [-0.39, 0.29) is 5.56 Å².